The van der Waals surface area contributed by atoms with Crippen LogP contribution in [-0.4, -0.2) is 46.2 Å². The molecular weight excluding hydrogens is 450 g/mol. The first kappa shape index (κ1) is 24.2. The normalized spacial score (nSPS) is 21.3. The molecule has 0 radical (unpaired) electrons. The third kappa shape index (κ3) is 5.50. The maximum absolute atomic E-state index is 12.0. The molecule has 0 saturated heterocycles. The van der Waals surface area contributed by atoms with E-state index in [1.54, 1.807) is 6.20 Å². The summed E-state index contributed by atoms with van der Waals surface area (Å²) in [6.45, 7) is 8.38. The van der Waals surface area contributed by atoms with Gasteiger partial charge in [0.1, 0.15) is 22.9 Å². The number of hydrogen-bond acceptors (Lipinski definition) is 7. The fraction of sp³-hybridized carbons (Fsp3) is 0.448. The van der Waals surface area contributed by atoms with E-state index in [1.807, 2.05) is 39.0 Å². The summed E-state index contributed by atoms with van der Waals surface area (Å²) in [5, 5.41) is 3.54. The number of carbonyl (C=O) groups is 1. The lowest BCUT2D eigenvalue weighted by Gasteiger charge is -2.44. The minimum atomic E-state index is -0.356. The molecule has 36 heavy (non-hydrogen) atoms. The Labute approximate surface area is 213 Å². The molecule has 1 fully saturated rings. The number of aromatic nitrogens is 3. The van der Waals surface area contributed by atoms with Crippen LogP contribution in [0.4, 0.5) is 11.6 Å². The van der Waals surface area contributed by atoms with Crippen LogP contribution >= 0.6 is 0 Å². The van der Waals surface area contributed by atoms with E-state index in [0.717, 1.165) is 62.6 Å². The third-order valence-electron chi connectivity index (χ3n) is 7.18. The highest BCUT2D eigenvalue weighted by molar-refractivity contribution is 5.72. The molecule has 0 bridgehead atoms. The molecule has 1 N–H and O–H groups in total. The van der Waals surface area contributed by atoms with Gasteiger partial charge >= 0.3 is 5.97 Å². The molecule has 5 rings (SSSR count). The minimum absolute atomic E-state index is 0.102. The highest BCUT2D eigenvalue weighted by Crippen LogP contribution is 2.41. The van der Waals surface area contributed by atoms with Gasteiger partial charge in [-0.05, 0) is 61.8 Å². The van der Waals surface area contributed by atoms with Crippen LogP contribution in [-0.2, 0) is 22.4 Å². The third-order valence-corrected chi connectivity index (χ3v) is 7.18. The van der Waals surface area contributed by atoms with Crippen molar-refractivity contribution >= 4 is 17.6 Å². The summed E-state index contributed by atoms with van der Waals surface area (Å²) < 4.78 is 5.72. The number of nitrogens with zero attached hydrogens (tertiary/aromatic N) is 4. The Morgan fingerprint density at radius 3 is 2.42 bits per heavy atom. The van der Waals surface area contributed by atoms with Crippen LogP contribution in [0.3, 0.4) is 0 Å². The number of fused-ring (bicyclic) bond motifs is 1. The second kappa shape index (κ2) is 10.2. The first-order chi connectivity index (χ1) is 17.4. The molecule has 0 atom stereocenters. The van der Waals surface area contributed by atoms with Gasteiger partial charge in [-0.25, -0.2) is 9.97 Å². The Bertz CT molecular complexity index is 1180. The van der Waals surface area contributed by atoms with Gasteiger partial charge in [-0.2, -0.15) is 0 Å². The Kier molecular flexibility index (Phi) is 6.90. The maximum Gasteiger partial charge on any atom is 0.308 e. The molecule has 1 saturated carbocycles. The SMILES string of the molecule is CC(C)C(=O)O[C@]1(C)C[C@@H](CNc2cc(N3CCc4ccccc4CC3)nc(-c3ccccn3)n2)C1. The van der Waals surface area contributed by atoms with Crippen LogP contribution in [0, 0.1) is 11.8 Å². The van der Waals surface area contributed by atoms with Gasteiger partial charge in [-0.1, -0.05) is 44.2 Å². The van der Waals surface area contributed by atoms with Gasteiger partial charge in [0.2, 0.25) is 0 Å². The van der Waals surface area contributed by atoms with Gasteiger partial charge in [0.25, 0.3) is 0 Å². The maximum atomic E-state index is 12.0. The van der Waals surface area contributed by atoms with E-state index < -0.39 is 0 Å². The van der Waals surface area contributed by atoms with Gasteiger partial charge in [0.05, 0.1) is 5.92 Å². The van der Waals surface area contributed by atoms with Crippen LogP contribution in [0.5, 0.6) is 0 Å². The second-order valence-electron chi connectivity index (χ2n) is 10.6. The van der Waals surface area contributed by atoms with E-state index in [9.17, 15) is 4.79 Å². The molecule has 0 amide bonds. The molecule has 0 spiro atoms. The number of anilines is 2. The van der Waals surface area contributed by atoms with Crippen molar-refractivity contribution in [1.82, 2.24) is 15.0 Å². The minimum Gasteiger partial charge on any atom is -0.459 e. The van der Waals surface area contributed by atoms with Gasteiger partial charge in [0, 0.05) is 31.9 Å². The first-order valence-electron chi connectivity index (χ1n) is 13.0. The van der Waals surface area contributed by atoms with Crippen LogP contribution in [0.2, 0.25) is 0 Å². The van der Waals surface area contributed by atoms with Gasteiger partial charge in [-0.15, -0.1) is 0 Å². The summed E-state index contributed by atoms with van der Waals surface area (Å²) in [5.41, 5.74) is 3.24. The quantitative estimate of drug-likeness (QED) is 0.476. The highest BCUT2D eigenvalue weighted by atomic mass is 16.6. The average molecular weight is 486 g/mol. The Morgan fingerprint density at radius 2 is 1.78 bits per heavy atom. The lowest BCUT2D eigenvalue weighted by atomic mass is 9.72. The monoisotopic (exact) mass is 485 g/mol. The number of hydrogen-bond donors (Lipinski definition) is 1. The van der Waals surface area contributed by atoms with E-state index in [-0.39, 0.29) is 17.5 Å². The molecule has 1 aliphatic carbocycles. The predicted molar refractivity (Wildman–Crippen MR) is 142 cm³/mol. The molecule has 188 valence electrons. The van der Waals surface area contributed by atoms with Gasteiger partial charge < -0.3 is 15.0 Å². The fourth-order valence-electron chi connectivity index (χ4n) is 5.19. The molecule has 2 aromatic heterocycles. The highest BCUT2D eigenvalue weighted by Gasteiger charge is 2.43. The van der Waals surface area contributed by atoms with Crippen molar-refractivity contribution in [3.63, 3.8) is 0 Å². The largest absolute Gasteiger partial charge is 0.459 e. The summed E-state index contributed by atoms with van der Waals surface area (Å²) in [5.74, 6) is 2.56. The van der Waals surface area contributed by atoms with Crippen molar-refractivity contribution in [2.24, 2.45) is 11.8 Å². The number of carbonyl (C=O) groups excluding carboxylic acids is 1. The van der Waals surface area contributed by atoms with E-state index in [2.05, 4.69) is 45.5 Å². The summed E-state index contributed by atoms with van der Waals surface area (Å²) >= 11 is 0. The summed E-state index contributed by atoms with van der Waals surface area (Å²) in [7, 11) is 0. The fourth-order valence-corrected chi connectivity index (χ4v) is 5.19. The van der Waals surface area contributed by atoms with E-state index in [0.29, 0.717) is 11.7 Å². The van der Waals surface area contributed by atoms with Crippen molar-refractivity contribution in [2.75, 3.05) is 29.9 Å². The Morgan fingerprint density at radius 1 is 1.08 bits per heavy atom. The summed E-state index contributed by atoms with van der Waals surface area (Å²) in [6.07, 6.45) is 5.48. The number of benzene rings is 1. The molecule has 7 heteroatoms. The smallest absolute Gasteiger partial charge is 0.308 e. The van der Waals surface area contributed by atoms with Gasteiger partial charge in [0.15, 0.2) is 5.82 Å². The number of pyridine rings is 1. The topological polar surface area (TPSA) is 80.2 Å². The zero-order valence-electron chi connectivity index (χ0n) is 21.4. The zero-order valence-corrected chi connectivity index (χ0v) is 21.4. The molecule has 3 aromatic rings. The van der Waals surface area contributed by atoms with E-state index >= 15 is 0 Å². The number of esters is 1. The lowest BCUT2D eigenvalue weighted by Crippen LogP contribution is -2.47. The number of nitrogens with one attached hydrogen (secondary N) is 1. The molecular formula is C29H35N5O2. The van der Waals surface area contributed by atoms with Crippen molar-refractivity contribution in [1.29, 1.82) is 0 Å². The molecule has 1 aliphatic heterocycles. The van der Waals surface area contributed by atoms with Crippen molar-refractivity contribution in [3.8, 4) is 11.5 Å². The predicted octanol–water partition coefficient (Wildman–Crippen LogP) is 4.92. The standard InChI is InChI=1S/C29H35N5O2/c1-20(2)28(35)36-29(3)17-21(18-29)19-31-25-16-26(33-27(32-25)24-10-6-7-13-30-24)34-14-11-22-8-4-5-9-23(22)12-15-34/h4-10,13,16,20-21H,11-12,14-15,17-19H2,1-3H3,(H,31,32,33)/t21-,29-. The first-order valence-corrected chi connectivity index (χ1v) is 13.0. The molecule has 3 heterocycles. The number of ether oxygens (including phenoxy) is 1. The number of rotatable bonds is 7. The second-order valence-corrected chi connectivity index (χ2v) is 10.6. The molecule has 2 aliphatic rings. The molecule has 0 unspecified atom stereocenters. The van der Waals surface area contributed by atoms with Crippen LogP contribution < -0.4 is 10.2 Å². The van der Waals surface area contributed by atoms with Gasteiger partial charge in [-0.3, -0.25) is 9.78 Å². The van der Waals surface area contributed by atoms with Crippen LogP contribution in [0.25, 0.3) is 11.5 Å². The molecule has 1 aromatic carbocycles. The molecule has 7 nitrogen and oxygen atoms in total. The van der Waals surface area contributed by atoms with E-state index in [4.69, 9.17) is 14.7 Å². The zero-order chi connectivity index (χ0) is 25.1. The average Bonchev–Trinajstić information content (AvgIpc) is 3.09. The van der Waals surface area contributed by atoms with Crippen molar-refractivity contribution < 1.29 is 9.53 Å². The van der Waals surface area contributed by atoms with Crippen LogP contribution in [0.1, 0.15) is 44.7 Å². The lowest BCUT2D eigenvalue weighted by molar-refractivity contribution is -0.175. The summed E-state index contributed by atoms with van der Waals surface area (Å²) in [4.78, 5) is 28.6. The van der Waals surface area contributed by atoms with Crippen molar-refractivity contribution in [3.05, 3.63) is 65.9 Å². The summed E-state index contributed by atoms with van der Waals surface area (Å²) in [6, 6.07) is 16.6. The van der Waals surface area contributed by atoms with E-state index in [1.165, 1.54) is 11.1 Å². The Hall–Kier alpha value is -3.48. The van der Waals surface area contributed by atoms with Crippen LogP contribution in [0.15, 0.2) is 54.7 Å². The van der Waals surface area contributed by atoms with Crippen molar-refractivity contribution in [2.45, 2.75) is 52.1 Å². The Balaban J connectivity index is 1.30.